The van der Waals surface area contributed by atoms with Gasteiger partial charge < -0.3 is 8.98 Å². The number of hydrogen-bond donors (Lipinski definition) is 0. The predicted octanol–water partition coefficient (Wildman–Crippen LogP) is 18.4. The highest BCUT2D eigenvalue weighted by molar-refractivity contribution is 6.29. The molecule has 0 aliphatic carbocycles. The SMILES string of the molecule is c1ccc(-c2ccc(-c3cc(-n4c5ccc(-c6ccccc6)cc5c5cc6c7ccccc7c7ccc(-c8cccc9ccoc89)cc7c6cc54)cc(-c4ccc(-c5ccccc5)cc4)n3)cc2)cc1. The highest BCUT2D eigenvalue weighted by Crippen LogP contribution is 2.44. The summed E-state index contributed by atoms with van der Waals surface area (Å²) in [5, 5.41) is 10.8. The Morgan fingerprint density at radius 2 is 0.757 bits per heavy atom. The number of rotatable bonds is 7. The minimum absolute atomic E-state index is 0.900. The van der Waals surface area contributed by atoms with Gasteiger partial charge in [0, 0.05) is 32.8 Å². The molecule has 0 aliphatic heterocycles. The second-order valence-corrected chi connectivity index (χ2v) is 18.3. The van der Waals surface area contributed by atoms with Crippen molar-refractivity contribution in [2.75, 3.05) is 0 Å². The smallest absolute Gasteiger partial charge is 0.141 e. The van der Waals surface area contributed by atoms with E-state index in [0.717, 1.165) is 61.3 Å². The van der Waals surface area contributed by atoms with Crippen LogP contribution in [0, 0.1) is 0 Å². The molecule has 0 aliphatic rings. The van der Waals surface area contributed by atoms with E-state index in [1.54, 1.807) is 6.26 Å². The Hall–Kier alpha value is -9.31. The summed E-state index contributed by atoms with van der Waals surface area (Å²) in [6, 6.07) is 90.1. The number of fused-ring (bicyclic) bond motifs is 10. The van der Waals surface area contributed by atoms with E-state index in [2.05, 4.69) is 247 Å². The Bertz CT molecular complexity index is 4200. The molecule has 14 rings (SSSR count). The molecule has 0 N–H and O–H groups in total. The molecule has 70 heavy (non-hydrogen) atoms. The highest BCUT2D eigenvalue weighted by atomic mass is 16.3. The van der Waals surface area contributed by atoms with Crippen LogP contribution in [0.5, 0.6) is 0 Å². The fourth-order valence-electron chi connectivity index (χ4n) is 10.8. The Morgan fingerprint density at radius 3 is 1.40 bits per heavy atom. The average Bonchev–Trinajstić information content (AvgIpc) is 4.06. The van der Waals surface area contributed by atoms with Crippen molar-refractivity contribution < 1.29 is 4.42 Å². The fraction of sp³-hybridized carbons (Fsp3) is 0. The number of para-hydroxylation sites is 1. The zero-order chi connectivity index (χ0) is 46.1. The van der Waals surface area contributed by atoms with E-state index in [4.69, 9.17) is 9.40 Å². The van der Waals surface area contributed by atoms with Gasteiger partial charge in [-0.15, -0.1) is 0 Å². The van der Waals surface area contributed by atoms with Crippen molar-refractivity contribution >= 4 is 65.1 Å². The van der Waals surface area contributed by atoms with Gasteiger partial charge in [-0.3, -0.25) is 0 Å². The zero-order valence-corrected chi connectivity index (χ0v) is 38.1. The van der Waals surface area contributed by atoms with Crippen molar-refractivity contribution in [3.63, 3.8) is 0 Å². The van der Waals surface area contributed by atoms with Crippen LogP contribution in [0.2, 0.25) is 0 Å². The molecule has 3 nitrogen and oxygen atoms in total. The molecule has 0 bridgehead atoms. The lowest BCUT2D eigenvalue weighted by Gasteiger charge is -2.15. The van der Waals surface area contributed by atoms with Crippen LogP contribution in [0.4, 0.5) is 0 Å². The maximum absolute atomic E-state index is 6.10. The number of nitrogens with zero attached hydrogens (tertiary/aromatic N) is 2. The summed E-state index contributed by atoms with van der Waals surface area (Å²) >= 11 is 0. The van der Waals surface area contributed by atoms with Crippen molar-refractivity contribution in [2.24, 2.45) is 0 Å². The topological polar surface area (TPSA) is 31.0 Å². The van der Waals surface area contributed by atoms with Crippen molar-refractivity contribution in [3.05, 3.63) is 255 Å². The Kier molecular flexibility index (Phi) is 9.21. The van der Waals surface area contributed by atoms with Crippen LogP contribution in [0.3, 0.4) is 0 Å². The summed E-state index contributed by atoms with van der Waals surface area (Å²) in [7, 11) is 0. The first-order valence-corrected chi connectivity index (χ1v) is 23.9. The molecule has 11 aromatic carbocycles. The maximum atomic E-state index is 6.10. The molecular formula is C67H42N2O. The van der Waals surface area contributed by atoms with E-state index in [-0.39, 0.29) is 0 Å². The second kappa shape index (κ2) is 16.2. The summed E-state index contributed by atoms with van der Waals surface area (Å²) in [6.45, 7) is 0. The first kappa shape index (κ1) is 39.8. The third kappa shape index (κ3) is 6.63. The van der Waals surface area contributed by atoms with Gasteiger partial charge in [0.2, 0.25) is 0 Å². The summed E-state index contributed by atoms with van der Waals surface area (Å²) in [6.07, 6.45) is 1.78. The molecule has 0 saturated carbocycles. The van der Waals surface area contributed by atoms with Crippen LogP contribution in [0.15, 0.2) is 259 Å². The summed E-state index contributed by atoms with van der Waals surface area (Å²) in [4.78, 5) is 5.46. The highest BCUT2D eigenvalue weighted by Gasteiger charge is 2.20. The van der Waals surface area contributed by atoms with Crippen LogP contribution in [-0.2, 0) is 0 Å². The third-order valence-electron chi connectivity index (χ3n) is 14.3. The lowest BCUT2D eigenvalue weighted by Crippen LogP contribution is -1.98. The number of aromatic nitrogens is 2. The molecule has 0 amide bonds. The minimum Gasteiger partial charge on any atom is -0.464 e. The monoisotopic (exact) mass is 890 g/mol. The Labute approximate surface area is 404 Å². The lowest BCUT2D eigenvalue weighted by molar-refractivity contribution is 0.617. The molecule has 0 unspecified atom stereocenters. The standard InChI is InChI=1S/C67H42N2O/c1-4-13-43(14-5-1)46-23-27-48(28-24-46)63-39-53(40-64(68-63)49-29-25-47(26-30-49)44-15-6-2-7-16-44)69-65-34-32-51(45-17-8-3-9-18-45)37-61(65)62-41-59-56-21-11-10-20-55(56)57-33-31-52(38-58(57)60(59)42-66(62)69)54-22-12-19-50-35-36-70-67(50)54/h1-42H. The molecule has 3 aromatic heterocycles. The van der Waals surface area contributed by atoms with Gasteiger partial charge in [0.05, 0.1) is 34.4 Å². The minimum atomic E-state index is 0.900. The number of furan rings is 1. The van der Waals surface area contributed by atoms with E-state index in [1.165, 1.54) is 76.5 Å². The van der Waals surface area contributed by atoms with E-state index in [9.17, 15) is 0 Å². The van der Waals surface area contributed by atoms with Crippen LogP contribution >= 0.6 is 0 Å². The average molecular weight is 891 g/mol. The van der Waals surface area contributed by atoms with Gasteiger partial charge in [-0.1, -0.05) is 200 Å². The fourth-order valence-corrected chi connectivity index (χ4v) is 10.8. The normalized spacial score (nSPS) is 11.7. The van der Waals surface area contributed by atoms with Crippen molar-refractivity contribution in [3.8, 4) is 72.7 Å². The molecule has 3 heteroatoms. The second-order valence-electron chi connectivity index (χ2n) is 18.3. The van der Waals surface area contributed by atoms with Crippen molar-refractivity contribution in [1.29, 1.82) is 0 Å². The first-order chi connectivity index (χ1) is 34.7. The molecule has 3 heterocycles. The quantitative estimate of drug-likeness (QED) is 0.149. The van der Waals surface area contributed by atoms with Crippen molar-refractivity contribution in [1.82, 2.24) is 9.55 Å². The molecule has 0 spiro atoms. The third-order valence-corrected chi connectivity index (χ3v) is 14.3. The molecular weight excluding hydrogens is 849 g/mol. The molecule has 0 atom stereocenters. The largest absolute Gasteiger partial charge is 0.464 e. The number of hydrogen-bond acceptors (Lipinski definition) is 2. The van der Waals surface area contributed by atoms with E-state index < -0.39 is 0 Å². The molecule has 0 radical (unpaired) electrons. The Balaban J connectivity index is 1.05. The Morgan fingerprint density at radius 1 is 0.286 bits per heavy atom. The van der Waals surface area contributed by atoms with Gasteiger partial charge >= 0.3 is 0 Å². The zero-order valence-electron chi connectivity index (χ0n) is 38.1. The first-order valence-electron chi connectivity index (χ1n) is 23.9. The van der Waals surface area contributed by atoms with Crippen LogP contribution in [-0.4, -0.2) is 9.55 Å². The number of benzene rings is 11. The van der Waals surface area contributed by atoms with Gasteiger partial charge in [-0.05, 0) is 120 Å². The van der Waals surface area contributed by atoms with Gasteiger partial charge in [-0.25, -0.2) is 4.98 Å². The van der Waals surface area contributed by atoms with Gasteiger partial charge in [-0.2, -0.15) is 0 Å². The number of pyridine rings is 1. The van der Waals surface area contributed by atoms with Crippen LogP contribution in [0.1, 0.15) is 0 Å². The van der Waals surface area contributed by atoms with Gasteiger partial charge in [0.25, 0.3) is 0 Å². The summed E-state index contributed by atoms with van der Waals surface area (Å²) in [5.74, 6) is 0. The van der Waals surface area contributed by atoms with Gasteiger partial charge in [0.1, 0.15) is 5.58 Å². The molecule has 0 saturated heterocycles. The van der Waals surface area contributed by atoms with Crippen LogP contribution < -0.4 is 0 Å². The maximum Gasteiger partial charge on any atom is 0.141 e. The molecule has 0 fully saturated rings. The molecule has 326 valence electrons. The summed E-state index contributed by atoms with van der Waals surface area (Å²) < 4.78 is 8.57. The molecule has 14 aromatic rings. The van der Waals surface area contributed by atoms with Gasteiger partial charge in [0.15, 0.2) is 0 Å². The predicted molar refractivity (Wildman–Crippen MR) is 293 cm³/mol. The lowest BCUT2D eigenvalue weighted by atomic mass is 9.91. The summed E-state index contributed by atoms with van der Waals surface area (Å²) in [5.41, 5.74) is 17.4. The van der Waals surface area contributed by atoms with E-state index in [1.807, 2.05) is 6.07 Å². The van der Waals surface area contributed by atoms with Crippen LogP contribution in [0.25, 0.3) is 138 Å². The van der Waals surface area contributed by atoms with Crippen molar-refractivity contribution in [2.45, 2.75) is 0 Å². The van der Waals surface area contributed by atoms with E-state index in [0.29, 0.717) is 0 Å². The van der Waals surface area contributed by atoms with E-state index >= 15 is 0 Å².